The molecule has 0 radical (unpaired) electrons. The number of aliphatic hydroxyl groups is 3. The Kier molecular flexibility index (Phi) is 43.7. The van der Waals surface area contributed by atoms with E-state index in [1.807, 2.05) is 0 Å². The summed E-state index contributed by atoms with van der Waals surface area (Å²) in [6.07, 6.45) is 55.8. The first-order valence-corrected chi connectivity index (χ1v) is 28.4. The molecule has 402 valence electrons. The zero-order valence-corrected chi connectivity index (χ0v) is 44.1. The predicted octanol–water partition coefficient (Wildman–Crippen LogP) is 13.0. The first-order valence-electron chi connectivity index (χ1n) is 27.0. The number of allylic oxidation sites excluding steroid dienone is 16. The van der Waals surface area contributed by atoms with Gasteiger partial charge in [0.15, 0.2) is 6.29 Å². The molecule has 0 saturated carbocycles. The minimum atomic E-state index is -5.07. The van der Waals surface area contributed by atoms with Crippen LogP contribution in [-0.4, -0.2) is 97.5 Å². The van der Waals surface area contributed by atoms with Crippen molar-refractivity contribution >= 4 is 16.4 Å². The van der Waals surface area contributed by atoms with Gasteiger partial charge in [0.25, 0.3) is 0 Å². The van der Waals surface area contributed by atoms with Gasteiger partial charge in [0.2, 0.25) is 0 Å². The molecule has 70 heavy (non-hydrogen) atoms. The van der Waals surface area contributed by atoms with Gasteiger partial charge in [0.05, 0.1) is 19.8 Å². The van der Waals surface area contributed by atoms with Crippen LogP contribution in [0.5, 0.6) is 0 Å². The van der Waals surface area contributed by atoms with Crippen molar-refractivity contribution in [3.63, 3.8) is 0 Å². The van der Waals surface area contributed by atoms with Gasteiger partial charge in [-0.1, -0.05) is 195 Å². The highest BCUT2D eigenvalue weighted by molar-refractivity contribution is 7.80. The summed E-state index contributed by atoms with van der Waals surface area (Å²) in [6.45, 7) is 3.72. The van der Waals surface area contributed by atoms with E-state index < -0.39 is 59.8 Å². The van der Waals surface area contributed by atoms with E-state index in [0.717, 1.165) is 116 Å². The summed E-state index contributed by atoms with van der Waals surface area (Å²) >= 11 is 0. The van der Waals surface area contributed by atoms with Crippen molar-refractivity contribution in [3.05, 3.63) is 97.2 Å². The zero-order valence-electron chi connectivity index (χ0n) is 43.3. The van der Waals surface area contributed by atoms with E-state index in [-0.39, 0.29) is 19.6 Å². The van der Waals surface area contributed by atoms with Gasteiger partial charge < -0.3 is 34.3 Å². The molecule has 0 bridgehead atoms. The van der Waals surface area contributed by atoms with Gasteiger partial charge in [0.1, 0.15) is 30.5 Å². The van der Waals surface area contributed by atoms with E-state index in [9.17, 15) is 33.1 Å². The Hall–Kier alpha value is -2.98. The van der Waals surface area contributed by atoms with Crippen LogP contribution < -0.4 is 0 Å². The number of ether oxygens (including phenoxy) is 4. The number of rotatable bonds is 46. The molecule has 6 atom stereocenters. The van der Waals surface area contributed by atoms with E-state index in [2.05, 4.69) is 115 Å². The number of carbonyl (C=O) groups excluding carboxylic acids is 1. The lowest BCUT2D eigenvalue weighted by Crippen LogP contribution is -2.60. The largest absolute Gasteiger partial charge is 0.457 e. The molecular formula is C57H96O12S. The topological polar surface area (TPSA) is 178 Å². The number of hydrogen-bond acceptors (Lipinski definition) is 11. The van der Waals surface area contributed by atoms with Crippen LogP contribution in [0.2, 0.25) is 0 Å². The second kappa shape index (κ2) is 47.1. The average Bonchev–Trinajstić information content (AvgIpc) is 3.34. The maximum absolute atomic E-state index is 12.9. The van der Waals surface area contributed by atoms with Crippen LogP contribution >= 0.6 is 0 Å². The molecule has 6 unspecified atom stereocenters. The molecule has 1 aliphatic rings. The Morgan fingerprint density at radius 3 is 1.37 bits per heavy atom. The van der Waals surface area contributed by atoms with Crippen LogP contribution in [0.3, 0.4) is 0 Å². The Labute approximate surface area is 425 Å². The molecule has 1 fully saturated rings. The smallest absolute Gasteiger partial charge is 0.397 e. The first kappa shape index (κ1) is 65.0. The minimum absolute atomic E-state index is 0.0173. The number of esters is 1. The van der Waals surface area contributed by atoms with Crippen LogP contribution in [0.15, 0.2) is 97.2 Å². The summed E-state index contributed by atoms with van der Waals surface area (Å²) < 4.78 is 59.3. The fourth-order valence-electron chi connectivity index (χ4n) is 7.71. The molecule has 0 amide bonds. The molecule has 4 N–H and O–H groups in total. The third-order valence-corrected chi connectivity index (χ3v) is 12.2. The molecule has 1 saturated heterocycles. The van der Waals surface area contributed by atoms with Crippen LogP contribution in [0.4, 0.5) is 0 Å². The summed E-state index contributed by atoms with van der Waals surface area (Å²) in [4.78, 5) is 12.9. The highest BCUT2D eigenvalue weighted by atomic mass is 32.3. The van der Waals surface area contributed by atoms with Gasteiger partial charge in [-0.2, -0.15) is 8.42 Å². The monoisotopic (exact) mass is 1000 g/mol. The van der Waals surface area contributed by atoms with E-state index in [0.29, 0.717) is 13.0 Å². The summed E-state index contributed by atoms with van der Waals surface area (Å²) in [6, 6.07) is 0. The molecule has 0 spiro atoms. The third-order valence-electron chi connectivity index (χ3n) is 11.7. The SMILES string of the molecule is CC/C=C\C/C=C\C/C=C\C/C=C\CCCCCCCCCCCCCCC(=O)OC(COCCCCCCC/C=C\C/C=C\C/C=C\C/C=C\CC)COC1OC(CO)C(O)C(OS(=O)(=O)O)C1O. The highest BCUT2D eigenvalue weighted by Gasteiger charge is 2.48. The normalized spacial score (nSPS) is 19.9. The summed E-state index contributed by atoms with van der Waals surface area (Å²) in [7, 11) is -5.07. The number of aliphatic hydroxyl groups excluding tert-OH is 3. The van der Waals surface area contributed by atoms with Crippen molar-refractivity contribution in [2.45, 2.75) is 230 Å². The maximum atomic E-state index is 12.9. The van der Waals surface area contributed by atoms with Crippen molar-refractivity contribution in [2.24, 2.45) is 0 Å². The third kappa shape index (κ3) is 39.6. The van der Waals surface area contributed by atoms with E-state index in [1.165, 1.54) is 51.4 Å². The molecule has 0 aromatic carbocycles. The summed E-state index contributed by atoms with van der Waals surface area (Å²) in [5.41, 5.74) is 0. The van der Waals surface area contributed by atoms with Gasteiger partial charge in [-0.25, -0.2) is 4.18 Å². The molecule has 0 aromatic heterocycles. The molecular weight excluding hydrogens is 909 g/mol. The predicted molar refractivity (Wildman–Crippen MR) is 285 cm³/mol. The van der Waals surface area contributed by atoms with Gasteiger partial charge in [-0.3, -0.25) is 9.35 Å². The quantitative estimate of drug-likeness (QED) is 0.0197. The van der Waals surface area contributed by atoms with Crippen LogP contribution in [0.1, 0.15) is 194 Å². The average molecular weight is 1010 g/mol. The second-order valence-corrected chi connectivity index (χ2v) is 19.1. The maximum Gasteiger partial charge on any atom is 0.397 e. The molecule has 0 aromatic rings. The lowest BCUT2D eigenvalue weighted by atomic mass is 9.99. The zero-order chi connectivity index (χ0) is 51.0. The fraction of sp³-hybridized carbons (Fsp3) is 0.702. The number of hydrogen-bond donors (Lipinski definition) is 4. The minimum Gasteiger partial charge on any atom is -0.457 e. The summed E-state index contributed by atoms with van der Waals surface area (Å²) in [5.74, 6) is -0.412. The van der Waals surface area contributed by atoms with E-state index in [4.69, 9.17) is 18.9 Å². The van der Waals surface area contributed by atoms with Gasteiger partial charge in [-0.15, -0.1) is 0 Å². The van der Waals surface area contributed by atoms with Crippen LogP contribution in [0, 0.1) is 0 Å². The molecule has 1 heterocycles. The second-order valence-electron chi connectivity index (χ2n) is 18.1. The van der Waals surface area contributed by atoms with Crippen molar-refractivity contribution in [2.75, 3.05) is 26.4 Å². The number of unbranched alkanes of at least 4 members (excludes halogenated alkanes) is 17. The number of carbonyl (C=O) groups is 1. The first-order chi connectivity index (χ1) is 34.1. The van der Waals surface area contributed by atoms with Crippen LogP contribution in [0.25, 0.3) is 0 Å². The van der Waals surface area contributed by atoms with Crippen LogP contribution in [-0.2, 0) is 38.3 Å². The molecule has 12 nitrogen and oxygen atoms in total. The van der Waals surface area contributed by atoms with E-state index in [1.54, 1.807) is 0 Å². The Bertz CT molecular complexity index is 1580. The van der Waals surface area contributed by atoms with Gasteiger partial charge >= 0.3 is 16.4 Å². The summed E-state index contributed by atoms with van der Waals surface area (Å²) in [5, 5.41) is 30.8. The molecule has 13 heteroatoms. The van der Waals surface area contributed by atoms with Gasteiger partial charge in [-0.05, 0) is 89.9 Å². The van der Waals surface area contributed by atoms with Gasteiger partial charge in [0, 0.05) is 13.0 Å². The lowest BCUT2D eigenvalue weighted by Gasteiger charge is -2.41. The Morgan fingerprint density at radius 1 is 0.543 bits per heavy atom. The molecule has 1 rings (SSSR count). The van der Waals surface area contributed by atoms with Crippen molar-refractivity contribution in [1.82, 2.24) is 0 Å². The molecule has 0 aliphatic carbocycles. The van der Waals surface area contributed by atoms with Crippen molar-refractivity contribution in [1.29, 1.82) is 0 Å². The fourth-order valence-corrected chi connectivity index (χ4v) is 8.22. The Balaban J connectivity index is 2.34. The van der Waals surface area contributed by atoms with Crippen molar-refractivity contribution in [3.8, 4) is 0 Å². The molecule has 1 aliphatic heterocycles. The Morgan fingerprint density at radius 2 is 0.943 bits per heavy atom. The van der Waals surface area contributed by atoms with Crippen molar-refractivity contribution < 1.29 is 56.2 Å². The highest BCUT2D eigenvalue weighted by Crippen LogP contribution is 2.26. The lowest BCUT2D eigenvalue weighted by molar-refractivity contribution is -0.301. The standard InChI is InChI=1S/C57H96O12S/c1-3-5-7-9-11-13-15-17-19-21-23-24-25-26-27-28-29-30-32-34-36-38-40-42-44-46-53(59)67-51(50-66-57-55(61)56(69-70(62,63)64)54(60)52(48-58)68-57)49-65-47-45-43-41-39-37-35-33-31-22-20-18-16-14-12-10-8-6-4-2/h5-8,11-14,17-20,23-24,31,33,51-52,54-58,60-61H,3-4,9-10,15-16,21-22,25-30,32,34-50H2,1-2H3,(H,62,63,64)/b7-5-,8-6-,13-11-,14-12-,19-17-,20-18-,24-23-,33-31-. The van der Waals surface area contributed by atoms with E-state index >= 15 is 0 Å².